The molecule has 0 aliphatic heterocycles. The lowest BCUT2D eigenvalue weighted by molar-refractivity contribution is 0.889. The van der Waals surface area contributed by atoms with Gasteiger partial charge in [-0.3, -0.25) is 0 Å². The van der Waals surface area contributed by atoms with Crippen LogP contribution in [0.5, 0.6) is 0 Å². The van der Waals surface area contributed by atoms with E-state index < -0.39 is 0 Å². The Labute approximate surface area is 123 Å². The number of anilines is 1. The fraction of sp³-hybridized carbons (Fsp3) is 0.154. The number of halogens is 1. The van der Waals surface area contributed by atoms with Crippen molar-refractivity contribution in [2.24, 2.45) is 0 Å². The number of aromatic amines is 1. The summed E-state index contributed by atoms with van der Waals surface area (Å²) in [5.41, 5.74) is 2.24. The number of benzene rings is 1. The SMILES string of the molecule is CN(C)c1cccc(-c2nc(Br)c3cn[nH]c(=O)n23)c1. The molecule has 0 aliphatic carbocycles. The zero-order valence-electron chi connectivity index (χ0n) is 11.0. The molecule has 0 unspecified atom stereocenters. The summed E-state index contributed by atoms with van der Waals surface area (Å²) in [5, 5.41) is 6.21. The average Bonchev–Trinajstić information content (AvgIpc) is 2.78. The normalized spacial score (nSPS) is 10.9. The second-order valence-corrected chi connectivity index (χ2v) is 5.32. The molecule has 1 N–H and O–H groups in total. The highest BCUT2D eigenvalue weighted by Crippen LogP contribution is 2.26. The van der Waals surface area contributed by atoms with Crippen molar-refractivity contribution in [2.45, 2.75) is 0 Å². The minimum absolute atomic E-state index is 0.314. The predicted molar refractivity (Wildman–Crippen MR) is 81.1 cm³/mol. The van der Waals surface area contributed by atoms with Crippen LogP contribution in [-0.4, -0.2) is 33.7 Å². The van der Waals surface area contributed by atoms with E-state index in [1.807, 2.05) is 43.3 Å². The fourth-order valence-corrected chi connectivity index (χ4v) is 2.49. The maximum absolute atomic E-state index is 12.0. The average molecular weight is 334 g/mol. The molecule has 0 saturated heterocycles. The van der Waals surface area contributed by atoms with Gasteiger partial charge < -0.3 is 4.90 Å². The number of rotatable bonds is 2. The molecule has 2 aromatic heterocycles. The molecule has 0 fully saturated rings. The highest BCUT2D eigenvalue weighted by molar-refractivity contribution is 9.10. The Morgan fingerprint density at radius 1 is 1.35 bits per heavy atom. The summed E-state index contributed by atoms with van der Waals surface area (Å²) in [6.07, 6.45) is 1.57. The quantitative estimate of drug-likeness (QED) is 0.778. The van der Waals surface area contributed by atoms with Gasteiger partial charge in [0, 0.05) is 25.3 Å². The number of nitrogens with one attached hydrogen (secondary N) is 1. The van der Waals surface area contributed by atoms with Gasteiger partial charge in [-0.2, -0.15) is 5.10 Å². The molecule has 0 saturated carbocycles. The van der Waals surface area contributed by atoms with Crippen molar-refractivity contribution in [2.75, 3.05) is 19.0 Å². The van der Waals surface area contributed by atoms with Gasteiger partial charge in [-0.25, -0.2) is 19.3 Å². The highest BCUT2D eigenvalue weighted by atomic mass is 79.9. The summed E-state index contributed by atoms with van der Waals surface area (Å²) in [6, 6.07) is 7.85. The molecule has 3 rings (SSSR count). The van der Waals surface area contributed by atoms with Crippen LogP contribution in [0, 0.1) is 0 Å². The molecule has 20 heavy (non-hydrogen) atoms. The molecule has 0 spiro atoms. The Hall–Kier alpha value is -2.15. The van der Waals surface area contributed by atoms with Crippen molar-refractivity contribution in [3.63, 3.8) is 0 Å². The van der Waals surface area contributed by atoms with Gasteiger partial charge in [-0.05, 0) is 28.1 Å². The monoisotopic (exact) mass is 333 g/mol. The third kappa shape index (κ3) is 2.00. The van der Waals surface area contributed by atoms with Gasteiger partial charge in [-0.15, -0.1) is 0 Å². The molecule has 0 atom stereocenters. The van der Waals surface area contributed by atoms with E-state index in [1.54, 1.807) is 6.20 Å². The van der Waals surface area contributed by atoms with E-state index in [9.17, 15) is 4.79 Å². The molecule has 0 amide bonds. The fourth-order valence-electron chi connectivity index (χ4n) is 2.04. The topological polar surface area (TPSA) is 66.3 Å². The van der Waals surface area contributed by atoms with Crippen molar-refractivity contribution >= 4 is 27.1 Å². The van der Waals surface area contributed by atoms with E-state index in [2.05, 4.69) is 31.1 Å². The molecular weight excluding hydrogens is 322 g/mol. The second-order valence-electron chi connectivity index (χ2n) is 4.57. The van der Waals surface area contributed by atoms with Crippen LogP contribution in [0.1, 0.15) is 0 Å². The summed E-state index contributed by atoms with van der Waals surface area (Å²) < 4.78 is 2.10. The molecule has 102 valence electrons. The highest BCUT2D eigenvalue weighted by Gasteiger charge is 2.14. The van der Waals surface area contributed by atoms with E-state index in [0.29, 0.717) is 15.9 Å². The van der Waals surface area contributed by atoms with E-state index in [-0.39, 0.29) is 5.69 Å². The molecule has 7 heteroatoms. The number of hydrogen-bond donors (Lipinski definition) is 1. The molecule has 0 aliphatic rings. The van der Waals surface area contributed by atoms with E-state index in [4.69, 9.17) is 0 Å². The summed E-state index contributed by atoms with van der Waals surface area (Å²) in [6.45, 7) is 0. The van der Waals surface area contributed by atoms with Crippen molar-refractivity contribution in [1.29, 1.82) is 0 Å². The molecule has 6 nitrogen and oxygen atoms in total. The molecule has 0 radical (unpaired) electrons. The van der Waals surface area contributed by atoms with E-state index in [0.717, 1.165) is 11.3 Å². The first-order chi connectivity index (χ1) is 9.58. The van der Waals surface area contributed by atoms with Crippen LogP contribution in [0.25, 0.3) is 16.9 Å². The lowest BCUT2D eigenvalue weighted by Gasteiger charge is -2.13. The van der Waals surface area contributed by atoms with Gasteiger partial charge >= 0.3 is 5.69 Å². The summed E-state index contributed by atoms with van der Waals surface area (Å²) in [5.74, 6) is 0.583. The van der Waals surface area contributed by atoms with Gasteiger partial charge in [0.25, 0.3) is 0 Å². The Balaban J connectivity index is 2.30. The minimum Gasteiger partial charge on any atom is -0.378 e. The van der Waals surface area contributed by atoms with Gasteiger partial charge in [0.05, 0.1) is 6.20 Å². The minimum atomic E-state index is -0.314. The number of hydrogen-bond acceptors (Lipinski definition) is 4. The van der Waals surface area contributed by atoms with Crippen LogP contribution in [-0.2, 0) is 0 Å². The zero-order chi connectivity index (χ0) is 14.3. The molecular formula is C13H12BrN5O. The van der Waals surface area contributed by atoms with E-state index >= 15 is 0 Å². The first kappa shape index (κ1) is 12.9. The molecule has 2 heterocycles. The third-order valence-corrected chi connectivity index (χ3v) is 3.62. The first-order valence-corrected chi connectivity index (χ1v) is 6.76. The van der Waals surface area contributed by atoms with Crippen molar-refractivity contribution in [3.05, 3.63) is 45.5 Å². The standard InChI is InChI=1S/C13H12BrN5O/c1-18(2)9-5-3-4-8(6-9)12-16-11(14)10-7-15-17-13(20)19(10)12/h3-7H,1-2H3,(H,17,20). The van der Waals surface area contributed by atoms with Crippen LogP contribution < -0.4 is 10.6 Å². The van der Waals surface area contributed by atoms with Crippen LogP contribution in [0.3, 0.4) is 0 Å². The summed E-state index contributed by atoms with van der Waals surface area (Å²) in [4.78, 5) is 18.4. The molecule has 1 aromatic carbocycles. The van der Waals surface area contributed by atoms with Crippen molar-refractivity contribution < 1.29 is 0 Å². The van der Waals surface area contributed by atoms with Gasteiger partial charge in [0.2, 0.25) is 0 Å². The Morgan fingerprint density at radius 2 is 2.15 bits per heavy atom. The van der Waals surface area contributed by atoms with Crippen LogP contribution in [0.2, 0.25) is 0 Å². The van der Waals surface area contributed by atoms with Gasteiger partial charge in [0.1, 0.15) is 15.9 Å². The van der Waals surface area contributed by atoms with Gasteiger partial charge in [-0.1, -0.05) is 12.1 Å². The van der Waals surface area contributed by atoms with Crippen LogP contribution >= 0.6 is 15.9 Å². The predicted octanol–water partition coefficient (Wildman–Crippen LogP) is 1.91. The third-order valence-electron chi connectivity index (χ3n) is 3.04. The Morgan fingerprint density at radius 3 is 2.90 bits per heavy atom. The summed E-state index contributed by atoms with van der Waals surface area (Å²) in [7, 11) is 3.94. The maximum Gasteiger partial charge on any atom is 0.348 e. The summed E-state index contributed by atoms with van der Waals surface area (Å²) >= 11 is 3.36. The van der Waals surface area contributed by atoms with Crippen molar-refractivity contribution in [1.82, 2.24) is 19.6 Å². The Bertz CT molecular complexity index is 836. The van der Waals surface area contributed by atoms with Crippen molar-refractivity contribution in [3.8, 4) is 11.4 Å². The van der Waals surface area contributed by atoms with E-state index in [1.165, 1.54) is 4.40 Å². The number of nitrogens with zero attached hydrogens (tertiary/aromatic N) is 4. The molecule has 0 bridgehead atoms. The lowest BCUT2D eigenvalue weighted by Crippen LogP contribution is -2.18. The lowest BCUT2D eigenvalue weighted by atomic mass is 10.2. The number of H-pyrrole nitrogens is 1. The number of fused-ring (bicyclic) bond motifs is 1. The smallest absolute Gasteiger partial charge is 0.348 e. The van der Waals surface area contributed by atoms with Crippen LogP contribution in [0.4, 0.5) is 5.69 Å². The zero-order valence-corrected chi connectivity index (χ0v) is 12.5. The van der Waals surface area contributed by atoms with Gasteiger partial charge in [0.15, 0.2) is 0 Å². The largest absolute Gasteiger partial charge is 0.378 e. The maximum atomic E-state index is 12.0. The first-order valence-electron chi connectivity index (χ1n) is 5.97. The second kappa shape index (κ2) is 4.75. The number of imidazole rings is 1. The Kier molecular flexibility index (Phi) is 3.06. The van der Waals surface area contributed by atoms with Crippen LogP contribution in [0.15, 0.2) is 39.9 Å². The molecule has 3 aromatic rings. The number of aromatic nitrogens is 4.